The number of hydrogen-bond donors (Lipinski definition) is 1. The highest BCUT2D eigenvalue weighted by Crippen LogP contribution is 2.27. The van der Waals surface area contributed by atoms with Gasteiger partial charge in [0.1, 0.15) is 0 Å². The largest absolute Gasteiger partial charge is 0.179 e. The van der Waals surface area contributed by atoms with Gasteiger partial charge in [0.2, 0.25) is 0 Å². The predicted molar refractivity (Wildman–Crippen MR) is 50.7 cm³/mol. The molecule has 0 heterocycles. The third-order valence-electron chi connectivity index (χ3n) is 1.25. The smallest absolute Gasteiger partial charge is 0.0111 e. The fourth-order valence-corrected chi connectivity index (χ4v) is 2.47. The molecule has 0 atom stereocenters. The van der Waals surface area contributed by atoms with Crippen molar-refractivity contribution in [3.05, 3.63) is 0 Å². The average Bonchev–Trinajstić information content (AvgIpc) is 1.64. The maximum atomic E-state index is 4.19. The molecule has 0 amide bonds. The monoisotopic (exact) mass is 164 g/mol. The highest BCUT2D eigenvalue weighted by atomic mass is 32.2. The summed E-state index contributed by atoms with van der Waals surface area (Å²) in [4.78, 5) is 0. The van der Waals surface area contributed by atoms with Crippen LogP contribution in [0.3, 0.4) is 0 Å². The summed E-state index contributed by atoms with van der Waals surface area (Å²) in [7, 11) is 0. The lowest BCUT2D eigenvalue weighted by Crippen LogP contribution is -2.15. The van der Waals surface area contributed by atoms with Gasteiger partial charge in [-0.2, -0.15) is 24.4 Å². The van der Waals surface area contributed by atoms with Crippen LogP contribution < -0.4 is 0 Å². The summed E-state index contributed by atoms with van der Waals surface area (Å²) in [5.74, 6) is 2.21. The number of rotatable bonds is 4. The van der Waals surface area contributed by atoms with E-state index in [-0.39, 0.29) is 0 Å². The molecular weight excluding hydrogens is 148 g/mol. The molecule has 0 nitrogen and oxygen atoms in total. The van der Waals surface area contributed by atoms with Gasteiger partial charge in [0.15, 0.2) is 0 Å². The Balaban J connectivity index is 3.43. The van der Waals surface area contributed by atoms with Crippen LogP contribution in [0, 0.1) is 0 Å². The van der Waals surface area contributed by atoms with Crippen LogP contribution in [0.1, 0.15) is 27.2 Å². The number of hydrogen-bond acceptors (Lipinski definition) is 2. The molecule has 2 heteroatoms. The molecule has 0 aliphatic rings. The second-order valence-corrected chi connectivity index (χ2v) is 5.08. The van der Waals surface area contributed by atoms with E-state index in [2.05, 4.69) is 33.4 Å². The zero-order chi connectivity index (χ0) is 7.33. The van der Waals surface area contributed by atoms with E-state index in [1.165, 1.54) is 12.2 Å². The third-order valence-corrected chi connectivity index (χ3v) is 2.75. The second kappa shape index (κ2) is 4.51. The van der Waals surface area contributed by atoms with Crippen LogP contribution >= 0.6 is 24.4 Å². The highest BCUT2D eigenvalue weighted by Gasteiger charge is 2.14. The summed E-state index contributed by atoms with van der Waals surface area (Å²) in [5.41, 5.74) is 0. The summed E-state index contributed by atoms with van der Waals surface area (Å²) in [5, 5.41) is 0. The lowest BCUT2D eigenvalue weighted by molar-refractivity contribution is 0.693. The first-order valence-corrected chi connectivity index (χ1v) is 4.99. The first-order valence-electron chi connectivity index (χ1n) is 3.37. The molecule has 56 valence electrons. The summed E-state index contributed by atoms with van der Waals surface area (Å²) in [6.45, 7) is 6.75. The maximum absolute atomic E-state index is 4.19. The second-order valence-electron chi connectivity index (χ2n) is 2.67. The molecule has 0 aromatic rings. The maximum Gasteiger partial charge on any atom is 0.0111 e. The molecule has 0 N–H and O–H groups in total. The first kappa shape index (κ1) is 9.70. The van der Waals surface area contributed by atoms with Crippen LogP contribution in [0.15, 0.2) is 0 Å². The zero-order valence-electron chi connectivity index (χ0n) is 6.48. The summed E-state index contributed by atoms with van der Waals surface area (Å²) in [6.07, 6.45) is 1.20. The van der Waals surface area contributed by atoms with Gasteiger partial charge in [-0.25, -0.2) is 0 Å². The summed E-state index contributed by atoms with van der Waals surface area (Å²) >= 11 is 6.20. The molecule has 0 aliphatic carbocycles. The van der Waals surface area contributed by atoms with E-state index in [9.17, 15) is 0 Å². The number of thioether (sulfide) groups is 1. The van der Waals surface area contributed by atoms with Gasteiger partial charge in [-0.05, 0) is 17.9 Å². The van der Waals surface area contributed by atoms with Crippen molar-refractivity contribution in [2.45, 2.75) is 31.9 Å². The lowest BCUT2D eigenvalue weighted by atomic mass is 10.1. The van der Waals surface area contributed by atoms with Crippen molar-refractivity contribution in [1.29, 1.82) is 0 Å². The fourth-order valence-electron chi connectivity index (χ4n) is 0.732. The minimum Gasteiger partial charge on any atom is -0.179 e. The molecule has 0 saturated carbocycles. The average molecular weight is 164 g/mol. The summed E-state index contributed by atoms with van der Waals surface area (Å²) in [6, 6.07) is 0. The molecule has 0 saturated heterocycles. The quantitative estimate of drug-likeness (QED) is 0.623. The minimum atomic E-state index is 0.441. The van der Waals surface area contributed by atoms with E-state index in [0.29, 0.717) is 4.75 Å². The Morgan fingerprint density at radius 2 is 2.00 bits per heavy atom. The molecule has 0 rings (SSSR count). The van der Waals surface area contributed by atoms with Gasteiger partial charge in [-0.3, -0.25) is 0 Å². The molecule has 0 fully saturated rings. The van der Waals surface area contributed by atoms with Crippen molar-refractivity contribution in [1.82, 2.24) is 0 Å². The van der Waals surface area contributed by atoms with Crippen LogP contribution in [0.2, 0.25) is 0 Å². The van der Waals surface area contributed by atoms with Crippen molar-refractivity contribution in [3.63, 3.8) is 0 Å². The molecule has 0 unspecified atom stereocenters. The van der Waals surface area contributed by atoms with Crippen molar-refractivity contribution in [2.75, 3.05) is 11.5 Å². The van der Waals surface area contributed by atoms with Crippen molar-refractivity contribution < 1.29 is 0 Å². The molecule has 0 spiro atoms. The van der Waals surface area contributed by atoms with Crippen LogP contribution in [-0.4, -0.2) is 16.3 Å². The van der Waals surface area contributed by atoms with E-state index >= 15 is 0 Å². The SMILES string of the molecule is CCSC(C)(C)CCS. The molecule has 0 aromatic heterocycles. The topological polar surface area (TPSA) is 0 Å². The van der Waals surface area contributed by atoms with Gasteiger partial charge in [0.05, 0.1) is 0 Å². The zero-order valence-corrected chi connectivity index (χ0v) is 8.19. The molecular formula is C7H16S2. The Kier molecular flexibility index (Phi) is 4.86. The summed E-state index contributed by atoms with van der Waals surface area (Å²) < 4.78 is 0.441. The van der Waals surface area contributed by atoms with Crippen LogP contribution in [0.4, 0.5) is 0 Å². The van der Waals surface area contributed by atoms with Gasteiger partial charge in [-0.1, -0.05) is 20.8 Å². The molecule has 0 bridgehead atoms. The molecule has 0 radical (unpaired) electrons. The predicted octanol–water partition coefficient (Wildman–Crippen LogP) is 2.84. The van der Waals surface area contributed by atoms with E-state index in [4.69, 9.17) is 0 Å². The van der Waals surface area contributed by atoms with Crippen molar-refractivity contribution in [2.24, 2.45) is 0 Å². The minimum absolute atomic E-state index is 0.441. The van der Waals surface area contributed by atoms with Gasteiger partial charge < -0.3 is 0 Å². The fraction of sp³-hybridized carbons (Fsp3) is 1.00. The van der Waals surface area contributed by atoms with Gasteiger partial charge in [-0.15, -0.1) is 0 Å². The first-order chi connectivity index (χ1) is 4.12. The molecule has 0 aliphatic heterocycles. The Bertz CT molecular complexity index is 61.3. The van der Waals surface area contributed by atoms with Gasteiger partial charge >= 0.3 is 0 Å². The van der Waals surface area contributed by atoms with Crippen LogP contribution in [0.25, 0.3) is 0 Å². The lowest BCUT2D eigenvalue weighted by Gasteiger charge is -2.21. The van der Waals surface area contributed by atoms with Gasteiger partial charge in [0.25, 0.3) is 0 Å². The van der Waals surface area contributed by atoms with Gasteiger partial charge in [0, 0.05) is 4.75 Å². The Labute approximate surface area is 68.2 Å². The van der Waals surface area contributed by atoms with Crippen molar-refractivity contribution in [3.8, 4) is 0 Å². The van der Waals surface area contributed by atoms with Crippen LogP contribution in [0.5, 0.6) is 0 Å². The normalized spacial score (nSPS) is 12.0. The Morgan fingerprint density at radius 3 is 2.33 bits per heavy atom. The van der Waals surface area contributed by atoms with E-state index in [1.807, 2.05) is 11.8 Å². The van der Waals surface area contributed by atoms with E-state index in [0.717, 1.165) is 5.75 Å². The standard InChI is InChI=1S/C7H16S2/c1-4-9-7(2,3)5-6-8/h8H,4-6H2,1-3H3. The van der Waals surface area contributed by atoms with Crippen molar-refractivity contribution >= 4 is 24.4 Å². The highest BCUT2D eigenvalue weighted by molar-refractivity contribution is 8.00. The van der Waals surface area contributed by atoms with E-state index < -0.39 is 0 Å². The van der Waals surface area contributed by atoms with Crippen LogP contribution in [-0.2, 0) is 0 Å². The number of thiol groups is 1. The third kappa shape index (κ3) is 5.16. The van der Waals surface area contributed by atoms with E-state index in [1.54, 1.807) is 0 Å². The Hall–Kier alpha value is 0.700. The molecule has 9 heavy (non-hydrogen) atoms. The molecule has 0 aromatic carbocycles. The Morgan fingerprint density at radius 1 is 1.44 bits per heavy atom.